The Morgan fingerprint density at radius 3 is 2.47 bits per heavy atom. The van der Waals surface area contributed by atoms with Crippen LogP contribution in [0.3, 0.4) is 0 Å². The van der Waals surface area contributed by atoms with Gasteiger partial charge in [0.1, 0.15) is 0 Å². The van der Waals surface area contributed by atoms with Gasteiger partial charge in [-0.3, -0.25) is 0 Å². The Hall–Kier alpha value is -1.39. The fourth-order valence-corrected chi connectivity index (χ4v) is 2.44. The molecule has 0 radical (unpaired) electrons. The van der Waals surface area contributed by atoms with E-state index in [0.29, 0.717) is 0 Å². The molecule has 0 saturated heterocycles. The molecule has 0 aliphatic heterocycles. The summed E-state index contributed by atoms with van der Waals surface area (Å²) in [6.45, 7) is 2.97. The van der Waals surface area contributed by atoms with Crippen molar-refractivity contribution < 1.29 is 0 Å². The second kappa shape index (κ2) is 5.72. The quantitative estimate of drug-likeness (QED) is 0.848. The van der Waals surface area contributed by atoms with E-state index in [1.807, 2.05) is 12.4 Å². The summed E-state index contributed by atoms with van der Waals surface area (Å²) >= 11 is 1.60. The van der Waals surface area contributed by atoms with Gasteiger partial charge < -0.3 is 5.32 Å². The Balaban J connectivity index is 1.59. The molecule has 19 heavy (non-hydrogen) atoms. The van der Waals surface area contributed by atoms with Crippen molar-refractivity contribution in [3.63, 3.8) is 0 Å². The molecule has 0 unspecified atom stereocenters. The number of hydrogen-bond acceptors (Lipinski definition) is 4. The number of nitrogens with zero attached hydrogens (tertiary/aromatic N) is 2. The van der Waals surface area contributed by atoms with Crippen molar-refractivity contribution >= 4 is 11.8 Å². The average molecular weight is 271 g/mol. The highest BCUT2D eigenvalue weighted by Gasteiger charge is 2.19. The molecule has 1 aromatic heterocycles. The maximum atomic E-state index is 4.41. The molecule has 2 aromatic rings. The molecule has 1 N–H and O–H groups in total. The summed E-state index contributed by atoms with van der Waals surface area (Å²) in [5.74, 6) is 0. The minimum atomic E-state index is 0.724. The summed E-state index contributed by atoms with van der Waals surface area (Å²) in [6.07, 6.45) is 6.45. The van der Waals surface area contributed by atoms with E-state index in [0.717, 1.165) is 23.3 Å². The van der Waals surface area contributed by atoms with Crippen LogP contribution in [0.4, 0.5) is 0 Å². The fourth-order valence-electron chi connectivity index (χ4n) is 1.75. The van der Waals surface area contributed by atoms with E-state index in [2.05, 4.69) is 46.5 Å². The first kappa shape index (κ1) is 12.6. The van der Waals surface area contributed by atoms with Gasteiger partial charge in [-0.05, 0) is 43.7 Å². The van der Waals surface area contributed by atoms with E-state index < -0.39 is 0 Å². The third-order valence-corrected chi connectivity index (χ3v) is 3.99. The summed E-state index contributed by atoms with van der Waals surface area (Å²) in [5, 5.41) is 4.27. The van der Waals surface area contributed by atoms with Crippen LogP contribution in [0, 0.1) is 6.92 Å². The normalized spacial score (nSPS) is 14.6. The zero-order valence-corrected chi connectivity index (χ0v) is 11.8. The molecule has 0 spiro atoms. The van der Waals surface area contributed by atoms with Crippen molar-refractivity contribution in [1.29, 1.82) is 0 Å². The van der Waals surface area contributed by atoms with Crippen LogP contribution in [0.15, 0.2) is 46.7 Å². The number of aryl methyl sites for hydroxylation is 1. The average Bonchev–Trinajstić information content (AvgIpc) is 3.25. The van der Waals surface area contributed by atoms with E-state index in [-0.39, 0.29) is 0 Å². The molecule has 0 bridgehead atoms. The fraction of sp³-hybridized carbons (Fsp3) is 0.333. The standard InChI is InChI=1S/C15H17N3S/c1-11-2-6-14(7-3-11)19-15-17-9-12(10-18-15)8-16-13-4-5-13/h2-3,6-7,9-10,13,16H,4-5,8H2,1H3. The first-order valence-corrected chi connectivity index (χ1v) is 7.40. The lowest BCUT2D eigenvalue weighted by Crippen LogP contribution is -2.15. The Labute approximate surface area is 117 Å². The van der Waals surface area contributed by atoms with Crippen LogP contribution in [0.5, 0.6) is 0 Å². The van der Waals surface area contributed by atoms with Crippen molar-refractivity contribution in [2.75, 3.05) is 0 Å². The highest BCUT2D eigenvalue weighted by molar-refractivity contribution is 7.99. The topological polar surface area (TPSA) is 37.8 Å². The number of rotatable bonds is 5. The summed E-state index contributed by atoms with van der Waals surface area (Å²) < 4.78 is 0. The molecule has 1 aliphatic rings. The molecule has 1 saturated carbocycles. The molecular weight excluding hydrogens is 254 g/mol. The molecule has 1 aliphatic carbocycles. The molecule has 1 aromatic carbocycles. The van der Waals surface area contributed by atoms with Crippen LogP contribution in [0.2, 0.25) is 0 Å². The first-order valence-electron chi connectivity index (χ1n) is 6.58. The van der Waals surface area contributed by atoms with Crippen molar-refractivity contribution in [2.24, 2.45) is 0 Å². The summed E-state index contributed by atoms with van der Waals surface area (Å²) in [6, 6.07) is 9.14. The molecule has 1 fully saturated rings. The second-order valence-electron chi connectivity index (χ2n) is 4.94. The number of nitrogens with one attached hydrogen (secondary N) is 1. The zero-order chi connectivity index (χ0) is 13.1. The Bertz CT molecular complexity index is 532. The smallest absolute Gasteiger partial charge is 0.192 e. The SMILES string of the molecule is Cc1ccc(Sc2ncc(CNC3CC3)cn2)cc1. The molecule has 0 amide bonds. The molecule has 1 heterocycles. The van der Waals surface area contributed by atoms with Crippen molar-refractivity contribution in [2.45, 2.75) is 42.4 Å². The van der Waals surface area contributed by atoms with Crippen molar-refractivity contribution in [1.82, 2.24) is 15.3 Å². The molecule has 98 valence electrons. The number of aromatic nitrogens is 2. The first-order chi connectivity index (χ1) is 9.29. The van der Waals surface area contributed by atoms with E-state index in [1.54, 1.807) is 11.8 Å². The largest absolute Gasteiger partial charge is 0.310 e. The van der Waals surface area contributed by atoms with Crippen LogP contribution in [-0.4, -0.2) is 16.0 Å². The summed E-state index contributed by atoms with van der Waals surface area (Å²) in [7, 11) is 0. The Kier molecular flexibility index (Phi) is 3.80. The van der Waals surface area contributed by atoms with Gasteiger partial charge in [0, 0.05) is 35.4 Å². The molecule has 4 heteroatoms. The van der Waals surface area contributed by atoms with Crippen LogP contribution in [0.1, 0.15) is 24.0 Å². The van der Waals surface area contributed by atoms with Gasteiger partial charge in [0.05, 0.1) is 0 Å². The predicted molar refractivity (Wildman–Crippen MR) is 77.2 cm³/mol. The minimum absolute atomic E-state index is 0.724. The van der Waals surface area contributed by atoms with E-state index in [1.165, 1.54) is 23.3 Å². The molecule has 3 rings (SSSR count). The Morgan fingerprint density at radius 1 is 1.16 bits per heavy atom. The van der Waals surface area contributed by atoms with E-state index in [9.17, 15) is 0 Å². The van der Waals surface area contributed by atoms with Crippen LogP contribution in [0.25, 0.3) is 0 Å². The van der Waals surface area contributed by atoms with Crippen molar-refractivity contribution in [3.05, 3.63) is 47.8 Å². The van der Waals surface area contributed by atoms with E-state index in [4.69, 9.17) is 0 Å². The van der Waals surface area contributed by atoms with Gasteiger partial charge in [0.15, 0.2) is 5.16 Å². The number of hydrogen-bond donors (Lipinski definition) is 1. The van der Waals surface area contributed by atoms with Crippen LogP contribution >= 0.6 is 11.8 Å². The van der Waals surface area contributed by atoms with Gasteiger partial charge >= 0.3 is 0 Å². The zero-order valence-electron chi connectivity index (χ0n) is 11.0. The summed E-state index contributed by atoms with van der Waals surface area (Å²) in [5.41, 5.74) is 2.42. The maximum absolute atomic E-state index is 4.41. The van der Waals surface area contributed by atoms with E-state index >= 15 is 0 Å². The van der Waals surface area contributed by atoms with Gasteiger partial charge in [-0.1, -0.05) is 17.7 Å². The number of benzene rings is 1. The molecule has 0 atom stereocenters. The van der Waals surface area contributed by atoms with Crippen LogP contribution in [-0.2, 0) is 6.54 Å². The molecular formula is C15H17N3S. The lowest BCUT2D eigenvalue weighted by Gasteiger charge is -2.04. The maximum Gasteiger partial charge on any atom is 0.192 e. The highest BCUT2D eigenvalue weighted by atomic mass is 32.2. The Morgan fingerprint density at radius 2 is 1.84 bits per heavy atom. The third-order valence-electron chi connectivity index (χ3n) is 3.08. The third kappa shape index (κ3) is 3.78. The van der Waals surface area contributed by atoms with Gasteiger partial charge in [-0.25, -0.2) is 9.97 Å². The molecule has 3 nitrogen and oxygen atoms in total. The van der Waals surface area contributed by atoms with Gasteiger partial charge in [0.2, 0.25) is 0 Å². The predicted octanol–water partition coefficient (Wildman–Crippen LogP) is 3.19. The van der Waals surface area contributed by atoms with Crippen molar-refractivity contribution in [3.8, 4) is 0 Å². The highest BCUT2D eigenvalue weighted by Crippen LogP contribution is 2.24. The van der Waals surface area contributed by atoms with Crippen LogP contribution < -0.4 is 5.32 Å². The lowest BCUT2D eigenvalue weighted by molar-refractivity contribution is 0.680. The van der Waals surface area contributed by atoms with Gasteiger partial charge in [-0.15, -0.1) is 0 Å². The monoisotopic (exact) mass is 271 g/mol. The van der Waals surface area contributed by atoms with Gasteiger partial charge in [0.25, 0.3) is 0 Å². The minimum Gasteiger partial charge on any atom is -0.310 e. The lowest BCUT2D eigenvalue weighted by atomic mass is 10.2. The van der Waals surface area contributed by atoms with Gasteiger partial charge in [-0.2, -0.15) is 0 Å². The summed E-state index contributed by atoms with van der Waals surface area (Å²) in [4.78, 5) is 9.99. The second-order valence-corrected chi connectivity index (χ2v) is 5.98.